The summed E-state index contributed by atoms with van der Waals surface area (Å²) in [7, 11) is 1.66. The van der Waals surface area contributed by atoms with Gasteiger partial charge in [-0.25, -0.2) is 0 Å². The van der Waals surface area contributed by atoms with Crippen molar-refractivity contribution >= 4 is 0 Å². The second-order valence-electron chi connectivity index (χ2n) is 10.6. The van der Waals surface area contributed by atoms with E-state index in [-0.39, 0.29) is 29.6 Å². The smallest absolute Gasteiger partial charge is 0.118 e. The van der Waals surface area contributed by atoms with Gasteiger partial charge in [-0.15, -0.1) is 0 Å². The summed E-state index contributed by atoms with van der Waals surface area (Å²) in [5.74, 6) is 0.940. The summed E-state index contributed by atoms with van der Waals surface area (Å²) >= 11 is 0. The summed E-state index contributed by atoms with van der Waals surface area (Å²) in [5.41, 5.74) is 2.33. The molecule has 6 atom stereocenters. The van der Waals surface area contributed by atoms with E-state index in [2.05, 4.69) is 32.6 Å². The molecule has 0 saturated carbocycles. The highest BCUT2D eigenvalue weighted by molar-refractivity contribution is 5.34. The van der Waals surface area contributed by atoms with Crippen LogP contribution in [0.25, 0.3) is 0 Å². The lowest BCUT2D eigenvalue weighted by Crippen LogP contribution is -2.54. The monoisotopic (exact) mass is 476 g/mol. The number of aliphatic hydroxyl groups excluding tert-OH is 1. The number of hydrogen-bond acceptors (Lipinski definition) is 5. The molecule has 2 aromatic rings. The van der Waals surface area contributed by atoms with Crippen LogP contribution in [0.5, 0.6) is 5.75 Å². The molecule has 35 heavy (non-hydrogen) atoms. The minimum Gasteiger partial charge on any atom is -0.497 e. The molecule has 0 radical (unpaired) electrons. The van der Waals surface area contributed by atoms with Crippen LogP contribution in [0.15, 0.2) is 78.9 Å². The minimum atomic E-state index is -0.584. The van der Waals surface area contributed by atoms with Crippen molar-refractivity contribution in [3.8, 4) is 5.75 Å². The van der Waals surface area contributed by atoms with Crippen LogP contribution in [0.2, 0.25) is 0 Å². The molecule has 2 fully saturated rings. The van der Waals surface area contributed by atoms with Crippen molar-refractivity contribution in [2.45, 2.75) is 69.9 Å². The van der Waals surface area contributed by atoms with Gasteiger partial charge in [-0.2, -0.15) is 0 Å². The Morgan fingerprint density at radius 3 is 2.40 bits per heavy atom. The van der Waals surface area contributed by atoms with Crippen LogP contribution in [-0.4, -0.2) is 42.2 Å². The van der Waals surface area contributed by atoms with Crippen molar-refractivity contribution in [2.75, 3.05) is 7.11 Å². The van der Waals surface area contributed by atoms with Gasteiger partial charge >= 0.3 is 0 Å². The van der Waals surface area contributed by atoms with Crippen LogP contribution in [0, 0.1) is 11.3 Å². The second-order valence-corrected chi connectivity index (χ2v) is 10.6. The summed E-state index contributed by atoms with van der Waals surface area (Å²) in [6.45, 7) is 9.51. The molecule has 5 nitrogen and oxygen atoms in total. The van der Waals surface area contributed by atoms with Gasteiger partial charge in [0.1, 0.15) is 17.5 Å². The van der Waals surface area contributed by atoms with Crippen LogP contribution in [0.1, 0.15) is 37.8 Å². The van der Waals surface area contributed by atoms with Crippen molar-refractivity contribution in [3.63, 3.8) is 0 Å². The normalized spacial score (nSPS) is 33.0. The highest BCUT2D eigenvalue weighted by Crippen LogP contribution is 2.63. The predicted octanol–water partition coefficient (Wildman–Crippen LogP) is 5.23. The zero-order chi connectivity index (χ0) is 24.6. The Kier molecular flexibility index (Phi) is 6.62. The maximum absolute atomic E-state index is 10.9. The van der Waals surface area contributed by atoms with Gasteiger partial charge in [-0.1, -0.05) is 75.0 Å². The molecule has 1 aliphatic carbocycles. The molecule has 0 aromatic heterocycles. The molecule has 2 saturated heterocycles. The van der Waals surface area contributed by atoms with Gasteiger partial charge in [-0.05, 0) is 40.7 Å². The van der Waals surface area contributed by atoms with E-state index in [1.165, 1.54) is 0 Å². The number of methoxy groups -OCH3 is 1. The lowest BCUT2D eigenvalue weighted by Gasteiger charge is -2.46. The van der Waals surface area contributed by atoms with Crippen molar-refractivity contribution < 1.29 is 24.1 Å². The number of ether oxygens (including phenoxy) is 4. The minimum absolute atomic E-state index is 0.0464. The fourth-order valence-corrected chi connectivity index (χ4v) is 6.46. The number of fused-ring (bicyclic) bond motifs is 1. The maximum Gasteiger partial charge on any atom is 0.118 e. The highest BCUT2D eigenvalue weighted by atomic mass is 16.6. The number of benzene rings is 2. The Balaban J connectivity index is 1.43. The molecule has 1 unspecified atom stereocenters. The largest absolute Gasteiger partial charge is 0.497 e. The van der Waals surface area contributed by atoms with Gasteiger partial charge in [0.15, 0.2) is 0 Å². The van der Waals surface area contributed by atoms with Crippen LogP contribution >= 0.6 is 0 Å². The van der Waals surface area contributed by atoms with Crippen LogP contribution in [0.4, 0.5) is 0 Å². The zero-order valence-electron chi connectivity index (χ0n) is 20.9. The number of aliphatic hydroxyl groups is 1. The fraction of sp³-hybridized carbons (Fsp3) is 0.467. The van der Waals surface area contributed by atoms with E-state index in [9.17, 15) is 5.11 Å². The van der Waals surface area contributed by atoms with Crippen LogP contribution in [-0.2, 0) is 27.4 Å². The average molecular weight is 477 g/mol. The zero-order valence-corrected chi connectivity index (χ0v) is 20.9. The average Bonchev–Trinajstić information content (AvgIpc) is 3.31. The van der Waals surface area contributed by atoms with Gasteiger partial charge < -0.3 is 24.1 Å². The SMILES string of the molecule is C=CC1=C[C@@H](O)CC2C(C)(C)[C@H]3O[C@@]2(C[C@@H]3OCc2ccccc2)[C@@H]1OCc1ccc(OC)cc1. The van der Waals surface area contributed by atoms with Gasteiger partial charge in [0.25, 0.3) is 0 Å². The van der Waals surface area contributed by atoms with E-state index in [0.29, 0.717) is 19.6 Å². The Morgan fingerprint density at radius 2 is 1.71 bits per heavy atom. The Morgan fingerprint density at radius 1 is 1.03 bits per heavy atom. The molecular formula is C30H36O5. The molecule has 1 spiro atoms. The summed E-state index contributed by atoms with van der Waals surface area (Å²) in [6, 6.07) is 18.2. The summed E-state index contributed by atoms with van der Waals surface area (Å²) in [6.07, 6.45) is 4.03. The third-order valence-corrected chi connectivity index (χ3v) is 8.15. The van der Waals surface area contributed by atoms with Crippen molar-refractivity contribution in [3.05, 3.63) is 90.0 Å². The molecule has 186 valence electrons. The molecule has 0 amide bonds. The third-order valence-electron chi connectivity index (χ3n) is 8.15. The first-order valence-electron chi connectivity index (χ1n) is 12.5. The van der Waals surface area contributed by atoms with Crippen LogP contribution < -0.4 is 4.74 Å². The second kappa shape index (κ2) is 9.55. The lowest BCUT2D eigenvalue weighted by atomic mass is 9.59. The molecule has 3 aliphatic rings. The van der Waals surface area contributed by atoms with Gasteiger partial charge in [0.2, 0.25) is 0 Å². The molecule has 2 aromatic carbocycles. The Bertz CT molecular complexity index is 1060. The molecule has 2 aliphatic heterocycles. The Hall–Kier alpha value is -2.44. The maximum atomic E-state index is 10.9. The summed E-state index contributed by atoms with van der Waals surface area (Å²) in [5, 5.41) is 10.9. The van der Waals surface area contributed by atoms with E-state index < -0.39 is 11.7 Å². The number of hydrogen-bond donors (Lipinski definition) is 1. The highest BCUT2D eigenvalue weighted by Gasteiger charge is 2.71. The number of rotatable bonds is 8. The summed E-state index contributed by atoms with van der Waals surface area (Å²) in [4.78, 5) is 0. The van der Waals surface area contributed by atoms with Crippen molar-refractivity contribution in [2.24, 2.45) is 11.3 Å². The molecule has 2 bridgehead atoms. The van der Waals surface area contributed by atoms with E-state index in [0.717, 1.165) is 28.9 Å². The van der Waals surface area contributed by atoms with Gasteiger partial charge in [0.05, 0.1) is 38.6 Å². The molecular weight excluding hydrogens is 440 g/mol. The van der Waals surface area contributed by atoms with Crippen molar-refractivity contribution in [1.82, 2.24) is 0 Å². The first-order valence-corrected chi connectivity index (χ1v) is 12.5. The molecule has 5 heteroatoms. The molecule has 5 rings (SSSR count). The standard InChI is InChI=1S/C30H36O5/c1-5-22-15-23(31)16-26-29(2,3)28-25(33-18-20-9-7-6-8-10-20)17-30(26,35-28)27(22)34-19-21-11-13-24(32-4)14-12-21/h5-15,23,25-28,31H,1,16-19H2,2-4H3/t23-,25+,26?,27-,28+,30-/m1/s1. The first kappa shape index (κ1) is 24.3. The van der Waals surface area contributed by atoms with Gasteiger partial charge in [0, 0.05) is 12.3 Å². The summed E-state index contributed by atoms with van der Waals surface area (Å²) < 4.78 is 25.3. The fourth-order valence-electron chi connectivity index (χ4n) is 6.46. The van der Waals surface area contributed by atoms with E-state index in [4.69, 9.17) is 18.9 Å². The predicted molar refractivity (Wildman–Crippen MR) is 135 cm³/mol. The van der Waals surface area contributed by atoms with E-state index >= 15 is 0 Å². The van der Waals surface area contributed by atoms with Crippen molar-refractivity contribution in [1.29, 1.82) is 0 Å². The lowest BCUT2D eigenvalue weighted by molar-refractivity contribution is -0.117. The molecule has 1 N–H and O–H groups in total. The molecule has 2 heterocycles. The third kappa shape index (κ3) is 4.36. The quantitative estimate of drug-likeness (QED) is 0.566. The van der Waals surface area contributed by atoms with E-state index in [1.807, 2.05) is 48.5 Å². The van der Waals surface area contributed by atoms with Gasteiger partial charge in [-0.3, -0.25) is 0 Å². The first-order chi connectivity index (χ1) is 16.9. The van der Waals surface area contributed by atoms with E-state index in [1.54, 1.807) is 13.2 Å². The van der Waals surface area contributed by atoms with Crippen LogP contribution in [0.3, 0.4) is 0 Å². The Labute approximate surface area is 208 Å². The topological polar surface area (TPSA) is 57.2 Å².